The highest BCUT2D eigenvalue weighted by Crippen LogP contribution is 2.20. The first kappa shape index (κ1) is 22.4. The summed E-state index contributed by atoms with van der Waals surface area (Å²) in [7, 11) is -2.16. The summed E-state index contributed by atoms with van der Waals surface area (Å²) in [4.78, 5) is 24.6. The van der Waals surface area contributed by atoms with Crippen LogP contribution in [-0.2, 0) is 27.8 Å². The lowest BCUT2D eigenvalue weighted by Gasteiger charge is -2.17. The fraction of sp³-hybridized carbons (Fsp3) is 0.125. The Balaban J connectivity index is 1.45. The molecule has 8 nitrogen and oxygen atoms in total. The average molecular weight is 463 g/mol. The molecule has 1 heterocycles. The molecular weight excluding hydrogens is 440 g/mol. The third-order valence-corrected chi connectivity index (χ3v) is 7.01. The fourth-order valence-electron chi connectivity index (χ4n) is 3.48. The Labute approximate surface area is 190 Å². The van der Waals surface area contributed by atoms with Crippen molar-refractivity contribution in [2.75, 3.05) is 12.4 Å². The predicted octanol–water partition coefficient (Wildman–Crippen LogP) is 2.93. The van der Waals surface area contributed by atoms with E-state index in [0.717, 1.165) is 5.56 Å². The lowest BCUT2D eigenvalue weighted by atomic mass is 10.1. The van der Waals surface area contributed by atoms with Gasteiger partial charge in [-0.1, -0.05) is 48.5 Å². The van der Waals surface area contributed by atoms with Crippen molar-refractivity contribution in [3.63, 3.8) is 0 Å². The van der Waals surface area contributed by atoms with Crippen LogP contribution in [0.1, 0.15) is 11.3 Å². The number of anilines is 1. The van der Waals surface area contributed by atoms with Gasteiger partial charge in [0.2, 0.25) is 15.9 Å². The molecule has 4 aromatic rings. The highest BCUT2D eigenvalue weighted by molar-refractivity contribution is 7.89. The van der Waals surface area contributed by atoms with Crippen LogP contribution in [0.4, 0.5) is 5.69 Å². The van der Waals surface area contributed by atoms with Gasteiger partial charge < -0.3 is 5.32 Å². The summed E-state index contributed by atoms with van der Waals surface area (Å²) >= 11 is 0. The number of benzene rings is 3. The third kappa shape index (κ3) is 5.00. The maximum absolute atomic E-state index is 12.9. The zero-order chi connectivity index (χ0) is 23.4. The van der Waals surface area contributed by atoms with E-state index in [-0.39, 0.29) is 29.3 Å². The minimum atomic E-state index is -3.68. The largest absolute Gasteiger partial charge is 0.326 e. The number of rotatable bonds is 7. The van der Waals surface area contributed by atoms with Crippen LogP contribution >= 0.6 is 0 Å². The SMILES string of the molecule is CN(Cc1ccccc1)S(=O)(=O)c1ccc(NC(=O)Cc2n[nH]c(=O)c3ccccc23)cc1. The van der Waals surface area contributed by atoms with Gasteiger partial charge in [-0.25, -0.2) is 13.5 Å². The lowest BCUT2D eigenvalue weighted by Crippen LogP contribution is -2.26. The highest BCUT2D eigenvalue weighted by Gasteiger charge is 2.21. The lowest BCUT2D eigenvalue weighted by molar-refractivity contribution is -0.115. The first-order valence-corrected chi connectivity index (χ1v) is 11.6. The third-order valence-electron chi connectivity index (χ3n) is 5.20. The summed E-state index contributed by atoms with van der Waals surface area (Å²) in [6, 6.07) is 22.3. The molecule has 1 aromatic heterocycles. The standard InChI is InChI=1S/C24H22N4O4S/c1-28(16-17-7-3-2-4-8-17)33(31,32)19-13-11-18(12-14-19)25-23(29)15-22-20-9-5-6-10-21(20)24(30)27-26-22/h2-14H,15-16H2,1H3,(H,25,29)(H,27,30). The summed E-state index contributed by atoms with van der Waals surface area (Å²) in [5, 5.41) is 10.2. The van der Waals surface area contributed by atoms with Gasteiger partial charge in [-0.2, -0.15) is 9.40 Å². The van der Waals surface area contributed by atoms with Crippen LogP contribution in [0.5, 0.6) is 0 Å². The average Bonchev–Trinajstić information content (AvgIpc) is 2.82. The Kier molecular flexibility index (Phi) is 6.34. The molecule has 0 saturated carbocycles. The van der Waals surface area contributed by atoms with Gasteiger partial charge in [0, 0.05) is 24.7 Å². The van der Waals surface area contributed by atoms with E-state index in [0.29, 0.717) is 22.2 Å². The van der Waals surface area contributed by atoms with Crippen LogP contribution in [0.25, 0.3) is 10.8 Å². The minimum absolute atomic E-state index is 0.0445. The van der Waals surface area contributed by atoms with Crippen LogP contribution in [0.2, 0.25) is 0 Å². The molecule has 1 amide bonds. The van der Waals surface area contributed by atoms with Crippen molar-refractivity contribution in [2.24, 2.45) is 0 Å². The van der Waals surface area contributed by atoms with Gasteiger partial charge in [0.25, 0.3) is 5.56 Å². The van der Waals surface area contributed by atoms with Crippen LogP contribution in [0.15, 0.2) is 88.6 Å². The van der Waals surface area contributed by atoms with Crippen molar-refractivity contribution in [2.45, 2.75) is 17.9 Å². The normalized spacial score (nSPS) is 11.6. The molecule has 0 aliphatic heterocycles. The summed E-state index contributed by atoms with van der Waals surface area (Å²) in [5.41, 5.74) is 1.47. The van der Waals surface area contributed by atoms with E-state index in [1.807, 2.05) is 30.3 Å². The van der Waals surface area contributed by atoms with Crippen molar-refractivity contribution in [3.8, 4) is 0 Å². The van der Waals surface area contributed by atoms with Crippen LogP contribution < -0.4 is 10.9 Å². The van der Waals surface area contributed by atoms with Crippen molar-refractivity contribution in [1.82, 2.24) is 14.5 Å². The Hall–Kier alpha value is -3.82. The zero-order valence-corrected chi connectivity index (χ0v) is 18.7. The Morgan fingerprint density at radius 3 is 2.27 bits per heavy atom. The summed E-state index contributed by atoms with van der Waals surface area (Å²) in [6.07, 6.45) is -0.0445. The molecule has 4 rings (SSSR count). The second-order valence-corrected chi connectivity index (χ2v) is 9.59. The number of aromatic amines is 1. The monoisotopic (exact) mass is 462 g/mol. The van der Waals surface area contributed by atoms with Gasteiger partial charge in [0.1, 0.15) is 0 Å². The van der Waals surface area contributed by atoms with E-state index in [9.17, 15) is 18.0 Å². The number of amides is 1. The van der Waals surface area contributed by atoms with Gasteiger partial charge in [-0.3, -0.25) is 9.59 Å². The molecule has 0 fully saturated rings. The minimum Gasteiger partial charge on any atom is -0.326 e. The Morgan fingerprint density at radius 1 is 0.939 bits per heavy atom. The van der Waals surface area contributed by atoms with Crippen LogP contribution in [0, 0.1) is 0 Å². The van der Waals surface area contributed by atoms with E-state index in [1.54, 1.807) is 36.4 Å². The number of H-pyrrole nitrogens is 1. The number of carbonyl (C=O) groups is 1. The highest BCUT2D eigenvalue weighted by atomic mass is 32.2. The number of carbonyl (C=O) groups excluding carboxylic acids is 1. The molecule has 9 heteroatoms. The van der Waals surface area contributed by atoms with E-state index < -0.39 is 10.0 Å². The Morgan fingerprint density at radius 2 is 1.58 bits per heavy atom. The predicted molar refractivity (Wildman–Crippen MR) is 126 cm³/mol. The fourth-order valence-corrected chi connectivity index (χ4v) is 4.64. The van der Waals surface area contributed by atoms with Gasteiger partial charge in [-0.05, 0) is 35.9 Å². The first-order valence-electron chi connectivity index (χ1n) is 10.2. The smallest absolute Gasteiger partial charge is 0.272 e. The first-order chi connectivity index (χ1) is 15.8. The molecule has 0 unspecified atom stereocenters. The molecule has 3 aromatic carbocycles. The molecular formula is C24H22N4O4S. The van der Waals surface area contributed by atoms with Crippen LogP contribution in [0.3, 0.4) is 0 Å². The molecule has 0 radical (unpaired) electrons. The number of sulfonamides is 1. The van der Waals surface area contributed by atoms with Gasteiger partial charge in [0.15, 0.2) is 0 Å². The van der Waals surface area contributed by atoms with E-state index >= 15 is 0 Å². The molecule has 0 spiro atoms. The summed E-state index contributed by atoms with van der Waals surface area (Å²) < 4.78 is 27.0. The number of hydrogen-bond acceptors (Lipinski definition) is 5. The van der Waals surface area contributed by atoms with Gasteiger partial charge in [0.05, 0.1) is 22.4 Å². The summed E-state index contributed by atoms with van der Waals surface area (Å²) in [6.45, 7) is 0.252. The molecule has 168 valence electrons. The van der Waals surface area contributed by atoms with E-state index in [4.69, 9.17) is 0 Å². The topological polar surface area (TPSA) is 112 Å². The zero-order valence-electron chi connectivity index (χ0n) is 17.9. The van der Waals surface area contributed by atoms with Crippen molar-refractivity contribution < 1.29 is 13.2 Å². The second-order valence-electron chi connectivity index (χ2n) is 7.54. The molecule has 0 aliphatic rings. The number of aromatic nitrogens is 2. The number of fused-ring (bicyclic) bond motifs is 1. The molecule has 0 aliphatic carbocycles. The Bertz CT molecular complexity index is 1450. The maximum Gasteiger partial charge on any atom is 0.272 e. The van der Waals surface area contributed by atoms with Gasteiger partial charge >= 0.3 is 0 Å². The molecule has 33 heavy (non-hydrogen) atoms. The number of hydrogen-bond donors (Lipinski definition) is 2. The summed E-state index contributed by atoms with van der Waals surface area (Å²) in [5.74, 6) is -0.337. The second kappa shape index (κ2) is 9.35. The quantitative estimate of drug-likeness (QED) is 0.439. The van der Waals surface area contributed by atoms with Gasteiger partial charge in [-0.15, -0.1) is 0 Å². The van der Waals surface area contributed by atoms with Crippen LogP contribution in [-0.4, -0.2) is 35.9 Å². The molecule has 2 N–H and O–H groups in total. The van der Waals surface area contributed by atoms with Crippen molar-refractivity contribution in [1.29, 1.82) is 0 Å². The molecule has 0 atom stereocenters. The van der Waals surface area contributed by atoms with Crippen molar-refractivity contribution in [3.05, 3.63) is 100 Å². The van der Waals surface area contributed by atoms with E-state index in [1.165, 1.54) is 23.5 Å². The number of nitrogens with one attached hydrogen (secondary N) is 2. The maximum atomic E-state index is 12.9. The number of nitrogens with zero attached hydrogens (tertiary/aromatic N) is 2. The van der Waals surface area contributed by atoms with E-state index in [2.05, 4.69) is 15.5 Å². The molecule has 0 saturated heterocycles. The van der Waals surface area contributed by atoms with Crippen molar-refractivity contribution >= 4 is 32.4 Å². The molecule has 0 bridgehead atoms.